The van der Waals surface area contributed by atoms with Crippen LogP contribution < -0.4 is 10.1 Å². The van der Waals surface area contributed by atoms with Crippen molar-refractivity contribution in [3.8, 4) is 5.75 Å². The summed E-state index contributed by atoms with van der Waals surface area (Å²) in [5.74, 6) is 0.819. The molecule has 0 bridgehead atoms. The number of rotatable bonds is 4. The maximum Gasteiger partial charge on any atom is 0.138 e. The molecule has 1 aromatic carbocycles. The van der Waals surface area contributed by atoms with Gasteiger partial charge in [0.05, 0.1) is 5.02 Å². The molecule has 2 heterocycles. The summed E-state index contributed by atoms with van der Waals surface area (Å²) in [7, 11) is 0. The lowest BCUT2D eigenvalue weighted by atomic mass is 9.88. The van der Waals surface area contributed by atoms with Crippen molar-refractivity contribution in [1.82, 2.24) is 10.2 Å². The fourth-order valence-corrected chi connectivity index (χ4v) is 3.70. The maximum atomic E-state index is 6.19. The first-order chi connectivity index (χ1) is 10.1. The summed E-state index contributed by atoms with van der Waals surface area (Å²) >= 11 is 6.19. The summed E-state index contributed by atoms with van der Waals surface area (Å²) in [6.45, 7) is 8.07. The molecule has 3 nitrogen and oxygen atoms in total. The number of likely N-dealkylation sites (tertiary alicyclic amines) is 1. The zero-order valence-electron chi connectivity index (χ0n) is 13.2. The number of ether oxygens (including phenoxy) is 1. The topological polar surface area (TPSA) is 24.5 Å². The van der Waals surface area contributed by atoms with Crippen LogP contribution >= 0.6 is 24.0 Å². The fraction of sp³-hybridized carbons (Fsp3) is 0.647. The Morgan fingerprint density at radius 1 is 1.41 bits per heavy atom. The third-order valence-corrected chi connectivity index (χ3v) is 4.97. The first kappa shape index (κ1) is 17.9. The summed E-state index contributed by atoms with van der Waals surface area (Å²) in [6.07, 6.45) is 3.87. The van der Waals surface area contributed by atoms with E-state index in [9.17, 15) is 0 Å². The molecule has 0 aromatic heterocycles. The molecular weight excluding hydrogens is 319 g/mol. The lowest BCUT2D eigenvalue weighted by molar-refractivity contribution is 0.0648. The van der Waals surface area contributed by atoms with Crippen LogP contribution in [0, 0.1) is 5.41 Å². The van der Waals surface area contributed by atoms with Gasteiger partial charge in [-0.25, -0.2) is 0 Å². The predicted molar refractivity (Wildman–Crippen MR) is 94.4 cm³/mol. The number of nitrogens with one attached hydrogen (secondary N) is 1. The van der Waals surface area contributed by atoms with Crippen LogP contribution in [0.15, 0.2) is 24.3 Å². The highest BCUT2D eigenvalue weighted by atomic mass is 35.5. The third-order valence-electron chi connectivity index (χ3n) is 4.65. The number of benzene rings is 1. The Kier molecular flexibility index (Phi) is 6.39. The summed E-state index contributed by atoms with van der Waals surface area (Å²) in [5, 5.41) is 4.20. The fourth-order valence-electron chi connectivity index (χ4n) is 3.52. The quantitative estimate of drug-likeness (QED) is 0.902. The van der Waals surface area contributed by atoms with E-state index in [1.54, 1.807) is 0 Å². The van der Waals surface area contributed by atoms with Gasteiger partial charge < -0.3 is 10.1 Å². The van der Waals surface area contributed by atoms with Crippen molar-refractivity contribution < 1.29 is 4.74 Å². The standard InChI is InChI=1S/C17H25ClN2O.ClH/c1-17(8-9-19-12-17)13-20-10-4-5-14(11-20)21-16-7-3-2-6-15(16)18;/h2-3,6-7,14,19H,4-5,8-13H2,1H3;1H. The van der Waals surface area contributed by atoms with Crippen molar-refractivity contribution >= 4 is 24.0 Å². The van der Waals surface area contributed by atoms with E-state index in [-0.39, 0.29) is 18.5 Å². The first-order valence-corrected chi connectivity index (χ1v) is 8.37. The molecule has 2 atom stereocenters. The van der Waals surface area contributed by atoms with Crippen LogP contribution in [0.5, 0.6) is 5.75 Å². The lowest BCUT2D eigenvalue weighted by Gasteiger charge is -2.37. The van der Waals surface area contributed by atoms with Gasteiger partial charge in [0.25, 0.3) is 0 Å². The van der Waals surface area contributed by atoms with E-state index in [0.717, 1.165) is 31.8 Å². The number of para-hydroxylation sites is 1. The monoisotopic (exact) mass is 344 g/mol. The molecule has 2 saturated heterocycles. The van der Waals surface area contributed by atoms with E-state index in [4.69, 9.17) is 16.3 Å². The smallest absolute Gasteiger partial charge is 0.138 e. The van der Waals surface area contributed by atoms with Gasteiger partial charge in [0.2, 0.25) is 0 Å². The largest absolute Gasteiger partial charge is 0.488 e. The zero-order chi connectivity index (χ0) is 14.7. The van der Waals surface area contributed by atoms with E-state index < -0.39 is 0 Å². The number of nitrogens with zero attached hydrogens (tertiary/aromatic N) is 1. The predicted octanol–water partition coefficient (Wildman–Crippen LogP) is 3.60. The van der Waals surface area contributed by atoms with Gasteiger partial charge in [-0.1, -0.05) is 30.7 Å². The molecule has 2 unspecified atom stereocenters. The van der Waals surface area contributed by atoms with E-state index in [0.29, 0.717) is 10.4 Å². The van der Waals surface area contributed by atoms with Gasteiger partial charge in [-0.3, -0.25) is 4.90 Å². The molecule has 124 valence electrons. The molecule has 0 radical (unpaired) electrons. The van der Waals surface area contributed by atoms with Crippen molar-refractivity contribution in [2.24, 2.45) is 5.41 Å². The van der Waals surface area contributed by atoms with E-state index >= 15 is 0 Å². The average Bonchev–Trinajstić information content (AvgIpc) is 2.88. The molecule has 0 amide bonds. The van der Waals surface area contributed by atoms with Gasteiger partial charge in [0.1, 0.15) is 11.9 Å². The molecule has 5 heteroatoms. The Hall–Kier alpha value is -0.480. The van der Waals surface area contributed by atoms with E-state index in [2.05, 4.69) is 17.1 Å². The average molecular weight is 345 g/mol. The first-order valence-electron chi connectivity index (χ1n) is 7.99. The Morgan fingerprint density at radius 3 is 2.95 bits per heavy atom. The van der Waals surface area contributed by atoms with Crippen LogP contribution in [0.2, 0.25) is 5.02 Å². The van der Waals surface area contributed by atoms with Crippen molar-refractivity contribution in [2.45, 2.75) is 32.3 Å². The number of piperidine rings is 1. The minimum atomic E-state index is 0. The molecule has 0 aliphatic carbocycles. The highest BCUT2D eigenvalue weighted by Gasteiger charge is 2.32. The highest BCUT2D eigenvalue weighted by Crippen LogP contribution is 2.29. The van der Waals surface area contributed by atoms with Crippen molar-refractivity contribution in [2.75, 3.05) is 32.7 Å². The van der Waals surface area contributed by atoms with Gasteiger partial charge in [0, 0.05) is 19.6 Å². The lowest BCUT2D eigenvalue weighted by Crippen LogP contribution is -2.46. The molecule has 2 aliphatic heterocycles. The van der Waals surface area contributed by atoms with E-state index in [1.165, 1.54) is 25.9 Å². The highest BCUT2D eigenvalue weighted by molar-refractivity contribution is 6.32. The third kappa shape index (κ3) is 4.51. The zero-order valence-corrected chi connectivity index (χ0v) is 14.8. The molecule has 22 heavy (non-hydrogen) atoms. The van der Waals surface area contributed by atoms with Crippen LogP contribution in [0.3, 0.4) is 0 Å². The number of hydrogen-bond acceptors (Lipinski definition) is 3. The minimum Gasteiger partial charge on any atom is -0.488 e. The Balaban J connectivity index is 0.00000176. The Morgan fingerprint density at radius 2 is 2.23 bits per heavy atom. The minimum absolute atomic E-state index is 0. The Bertz CT molecular complexity index is 477. The summed E-state index contributed by atoms with van der Waals surface area (Å²) < 4.78 is 6.12. The SMILES string of the molecule is CC1(CN2CCCC(Oc3ccccc3Cl)C2)CCNC1.Cl. The van der Waals surface area contributed by atoms with Gasteiger partial charge in [0.15, 0.2) is 0 Å². The van der Waals surface area contributed by atoms with Crippen molar-refractivity contribution in [3.05, 3.63) is 29.3 Å². The molecule has 0 saturated carbocycles. The molecule has 1 aromatic rings. The molecular formula is C17H26Cl2N2O. The van der Waals surface area contributed by atoms with Gasteiger partial charge >= 0.3 is 0 Å². The van der Waals surface area contributed by atoms with Crippen LogP contribution in [-0.4, -0.2) is 43.7 Å². The molecule has 3 rings (SSSR count). The van der Waals surface area contributed by atoms with Crippen molar-refractivity contribution in [1.29, 1.82) is 0 Å². The summed E-state index contributed by atoms with van der Waals surface area (Å²) in [5.41, 5.74) is 0.423. The van der Waals surface area contributed by atoms with Crippen molar-refractivity contribution in [3.63, 3.8) is 0 Å². The molecule has 2 aliphatic rings. The summed E-state index contributed by atoms with van der Waals surface area (Å²) in [6, 6.07) is 7.77. The van der Waals surface area contributed by atoms with Crippen LogP contribution in [-0.2, 0) is 0 Å². The second-order valence-electron chi connectivity index (χ2n) is 6.79. The van der Waals surface area contributed by atoms with Crippen LogP contribution in [0.4, 0.5) is 0 Å². The van der Waals surface area contributed by atoms with Gasteiger partial charge in [-0.2, -0.15) is 0 Å². The molecule has 2 fully saturated rings. The van der Waals surface area contributed by atoms with Gasteiger partial charge in [-0.15, -0.1) is 12.4 Å². The second kappa shape index (κ2) is 7.87. The normalized spacial score (nSPS) is 29.1. The second-order valence-corrected chi connectivity index (χ2v) is 7.19. The summed E-state index contributed by atoms with van der Waals surface area (Å²) in [4.78, 5) is 2.57. The molecule has 0 spiro atoms. The molecule has 1 N–H and O–H groups in total. The number of halogens is 2. The number of hydrogen-bond donors (Lipinski definition) is 1. The van der Waals surface area contributed by atoms with E-state index in [1.807, 2.05) is 24.3 Å². The van der Waals surface area contributed by atoms with Crippen LogP contribution in [0.1, 0.15) is 26.2 Å². The Labute approximate surface area is 144 Å². The van der Waals surface area contributed by atoms with Crippen LogP contribution in [0.25, 0.3) is 0 Å². The van der Waals surface area contributed by atoms with Gasteiger partial charge in [-0.05, 0) is 49.9 Å². The maximum absolute atomic E-state index is 6.19.